The van der Waals surface area contributed by atoms with E-state index in [0.29, 0.717) is 12.8 Å². The smallest absolute Gasteiger partial charge is 0.306 e. The van der Waals surface area contributed by atoms with Gasteiger partial charge in [0, 0.05) is 6.42 Å². The lowest BCUT2D eigenvalue weighted by Crippen LogP contribution is -2.61. The van der Waals surface area contributed by atoms with Gasteiger partial charge in [0.25, 0.3) is 0 Å². The summed E-state index contributed by atoms with van der Waals surface area (Å²) in [6, 6.07) is -1.03. The maximum Gasteiger partial charge on any atom is 0.306 e. The zero-order valence-electron chi connectivity index (χ0n) is 48.6. The summed E-state index contributed by atoms with van der Waals surface area (Å²) in [4.78, 5) is 26.5. The SMILES string of the molecule is CC/C=C/C/C=C/C/C=C/CCCCCCC(=O)OC1C(OCC(NC(=O)C(O)CCCCCCCCCCCCCC/C=C\C/C=C\CCCCC)C(O)/C=C/CCCCCCCCCCC)OC(CO)C(O)C1O. The fourth-order valence-electron chi connectivity index (χ4n) is 9.40. The van der Waals surface area contributed by atoms with E-state index in [2.05, 4.69) is 86.8 Å². The zero-order valence-corrected chi connectivity index (χ0v) is 48.6. The summed E-state index contributed by atoms with van der Waals surface area (Å²) in [5.74, 6) is -1.22. The van der Waals surface area contributed by atoms with Crippen molar-refractivity contribution in [1.82, 2.24) is 5.32 Å². The third-order valence-corrected chi connectivity index (χ3v) is 14.3. The van der Waals surface area contributed by atoms with Crippen molar-refractivity contribution in [2.24, 2.45) is 0 Å². The monoisotopic (exact) mass is 1070 g/mol. The zero-order chi connectivity index (χ0) is 55.4. The largest absolute Gasteiger partial charge is 0.454 e. The third-order valence-electron chi connectivity index (χ3n) is 14.3. The van der Waals surface area contributed by atoms with Crippen molar-refractivity contribution < 1.29 is 49.3 Å². The summed E-state index contributed by atoms with van der Waals surface area (Å²) in [6.45, 7) is 5.63. The molecular formula is C65H115NO10. The molecule has 1 aliphatic heterocycles. The van der Waals surface area contributed by atoms with Crippen molar-refractivity contribution in [2.45, 2.75) is 314 Å². The van der Waals surface area contributed by atoms with Crippen LogP contribution in [0.2, 0.25) is 0 Å². The highest BCUT2D eigenvalue weighted by atomic mass is 16.7. The molecule has 1 rings (SSSR count). The van der Waals surface area contributed by atoms with E-state index in [-0.39, 0.29) is 19.4 Å². The molecule has 0 bridgehead atoms. The molecule has 1 aliphatic rings. The Bertz CT molecular complexity index is 1510. The van der Waals surface area contributed by atoms with Gasteiger partial charge in [-0.3, -0.25) is 9.59 Å². The Morgan fingerprint density at radius 1 is 0.526 bits per heavy atom. The topological polar surface area (TPSA) is 175 Å². The molecule has 1 saturated heterocycles. The van der Waals surface area contributed by atoms with Crippen molar-refractivity contribution in [3.05, 3.63) is 72.9 Å². The van der Waals surface area contributed by atoms with E-state index >= 15 is 0 Å². The quantitative estimate of drug-likeness (QED) is 0.0195. The Kier molecular flexibility index (Phi) is 49.4. The first-order valence-corrected chi connectivity index (χ1v) is 31.2. The third kappa shape index (κ3) is 40.3. The average molecular weight is 1070 g/mol. The summed E-state index contributed by atoms with van der Waals surface area (Å²) in [5.41, 5.74) is 0. The number of unbranched alkanes of at least 4 members (excludes halogenated alkanes) is 28. The lowest BCUT2D eigenvalue weighted by Gasteiger charge is -2.41. The van der Waals surface area contributed by atoms with Crippen LogP contribution in [0, 0.1) is 0 Å². The summed E-state index contributed by atoms with van der Waals surface area (Å²) in [6.07, 6.45) is 56.6. The molecule has 0 aliphatic carbocycles. The Hall–Kier alpha value is -2.90. The lowest BCUT2D eigenvalue weighted by atomic mass is 9.99. The van der Waals surface area contributed by atoms with Crippen LogP contribution in [-0.4, -0.2) is 99.6 Å². The molecule has 0 aromatic heterocycles. The lowest BCUT2D eigenvalue weighted by molar-refractivity contribution is -0.305. The first-order valence-electron chi connectivity index (χ1n) is 31.2. The number of esters is 1. The van der Waals surface area contributed by atoms with Gasteiger partial charge in [-0.15, -0.1) is 0 Å². The van der Waals surface area contributed by atoms with Crippen LogP contribution in [0.25, 0.3) is 0 Å². The number of carbonyl (C=O) groups excluding carboxylic acids is 2. The molecule has 0 aromatic carbocycles. The van der Waals surface area contributed by atoms with Gasteiger partial charge in [0.2, 0.25) is 5.91 Å². The first kappa shape index (κ1) is 71.1. The highest BCUT2D eigenvalue weighted by Crippen LogP contribution is 2.26. The minimum absolute atomic E-state index is 0.0958. The Morgan fingerprint density at radius 2 is 0.947 bits per heavy atom. The second-order valence-corrected chi connectivity index (χ2v) is 21.4. The van der Waals surface area contributed by atoms with Crippen LogP contribution in [0.15, 0.2) is 72.9 Å². The number of carbonyl (C=O) groups is 2. The minimum atomic E-state index is -1.62. The number of amides is 1. The molecule has 6 N–H and O–H groups in total. The predicted molar refractivity (Wildman–Crippen MR) is 315 cm³/mol. The molecule has 8 unspecified atom stereocenters. The van der Waals surface area contributed by atoms with E-state index < -0.39 is 67.4 Å². The number of rotatable bonds is 52. The number of aliphatic hydroxyl groups is 5. The molecule has 1 fully saturated rings. The van der Waals surface area contributed by atoms with Crippen molar-refractivity contribution in [3.63, 3.8) is 0 Å². The summed E-state index contributed by atoms with van der Waals surface area (Å²) in [5, 5.41) is 56.9. The molecule has 440 valence electrons. The highest BCUT2D eigenvalue weighted by Gasteiger charge is 2.47. The summed E-state index contributed by atoms with van der Waals surface area (Å²) >= 11 is 0. The van der Waals surface area contributed by atoms with Gasteiger partial charge >= 0.3 is 5.97 Å². The fourth-order valence-corrected chi connectivity index (χ4v) is 9.40. The van der Waals surface area contributed by atoms with E-state index in [4.69, 9.17) is 14.2 Å². The Balaban J connectivity index is 2.64. The van der Waals surface area contributed by atoms with Gasteiger partial charge in [0.15, 0.2) is 12.4 Å². The summed E-state index contributed by atoms with van der Waals surface area (Å²) < 4.78 is 17.6. The molecule has 1 heterocycles. The van der Waals surface area contributed by atoms with Crippen LogP contribution >= 0.6 is 0 Å². The Labute approximate surface area is 464 Å². The normalized spacial score (nSPS) is 19.6. The fraction of sp³-hybridized carbons (Fsp3) is 0.785. The first-order chi connectivity index (χ1) is 37.2. The molecule has 11 heteroatoms. The van der Waals surface area contributed by atoms with E-state index in [9.17, 15) is 35.1 Å². The molecule has 8 atom stereocenters. The summed E-state index contributed by atoms with van der Waals surface area (Å²) in [7, 11) is 0. The van der Waals surface area contributed by atoms with Crippen LogP contribution in [0.5, 0.6) is 0 Å². The van der Waals surface area contributed by atoms with E-state index in [0.717, 1.165) is 89.9 Å². The molecular weight excluding hydrogens is 955 g/mol. The average Bonchev–Trinajstić information content (AvgIpc) is 3.42. The van der Waals surface area contributed by atoms with Gasteiger partial charge in [0.1, 0.15) is 24.4 Å². The van der Waals surface area contributed by atoms with Gasteiger partial charge in [-0.1, -0.05) is 241 Å². The molecule has 1 amide bonds. The molecule has 76 heavy (non-hydrogen) atoms. The predicted octanol–water partition coefficient (Wildman–Crippen LogP) is 14.8. The van der Waals surface area contributed by atoms with Crippen LogP contribution in [-0.2, 0) is 23.8 Å². The Morgan fingerprint density at radius 3 is 1.45 bits per heavy atom. The standard InChI is InChI=1S/C65H115NO10/c1-4-7-10-13-16-19-22-24-26-27-28-29-30-31-32-33-34-37-40-43-46-49-52-58(69)64(73)66-56(57(68)51-48-45-42-39-36-21-18-15-12-9-6-3)55-74-65-63(62(72)61(71)59(54-67)75-65)76-60(70)53-50-47-44-41-38-35-25-23-20-17-14-11-8-5-2/h8,11,16-17,19-20,24-26,35,48,51,56-59,61-63,65,67-69,71-72H,4-7,9-10,12-15,18,21-23,27-34,36-47,49-50,52-55H2,1-3H3,(H,66,73)/b11-8+,19-16-,20-17+,26-24-,35-25+,51-48+. The molecule has 0 radical (unpaired) electrons. The van der Waals surface area contributed by atoms with Crippen LogP contribution < -0.4 is 5.32 Å². The second-order valence-electron chi connectivity index (χ2n) is 21.4. The maximum absolute atomic E-state index is 13.4. The van der Waals surface area contributed by atoms with E-state index in [1.807, 2.05) is 6.08 Å². The van der Waals surface area contributed by atoms with Gasteiger partial charge in [-0.25, -0.2) is 0 Å². The second kappa shape index (κ2) is 52.8. The van der Waals surface area contributed by atoms with E-state index in [1.54, 1.807) is 6.08 Å². The number of ether oxygens (including phenoxy) is 3. The molecule has 0 aromatic rings. The van der Waals surface area contributed by atoms with Crippen LogP contribution in [0.3, 0.4) is 0 Å². The highest BCUT2D eigenvalue weighted by molar-refractivity contribution is 5.80. The van der Waals surface area contributed by atoms with Gasteiger partial charge < -0.3 is 45.1 Å². The van der Waals surface area contributed by atoms with Crippen molar-refractivity contribution in [1.29, 1.82) is 0 Å². The number of nitrogens with one attached hydrogen (secondary N) is 1. The van der Waals surface area contributed by atoms with Crippen molar-refractivity contribution in [2.75, 3.05) is 13.2 Å². The van der Waals surface area contributed by atoms with E-state index in [1.165, 1.54) is 128 Å². The molecule has 0 spiro atoms. The number of hydrogen-bond donors (Lipinski definition) is 6. The van der Waals surface area contributed by atoms with Crippen molar-refractivity contribution in [3.8, 4) is 0 Å². The van der Waals surface area contributed by atoms with Gasteiger partial charge in [-0.2, -0.15) is 0 Å². The number of hydrogen-bond acceptors (Lipinski definition) is 10. The minimum Gasteiger partial charge on any atom is -0.454 e. The number of allylic oxidation sites excluding steroid dienone is 11. The van der Waals surface area contributed by atoms with Gasteiger partial charge in [0.05, 0.1) is 25.4 Å². The van der Waals surface area contributed by atoms with Crippen molar-refractivity contribution >= 4 is 11.9 Å². The molecule has 0 saturated carbocycles. The van der Waals surface area contributed by atoms with Gasteiger partial charge in [-0.05, 0) is 89.9 Å². The van der Waals surface area contributed by atoms with Crippen LogP contribution in [0.4, 0.5) is 0 Å². The maximum atomic E-state index is 13.4. The van der Waals surface area contributed by atoms with Crippen LogP contribution in [0.1, 0.15) is 265 Å². The number of aliphatic hydroxyl groups excluding tert-OH is 5. The molecule has 11 nitrogen and oxygen atoms in total.